The van der Waals surface area contributed by atoms with E-state index in [1.807, 2.05) is 30.3 Å². The van der Waals surface area contributed by atoms with Gasteiger partial charge in [-0.2, -0.15) is 0 Å². The van der Waals surface area contributed by atoms with Gasteiger partial charge in [0.15, 0.2) is 6.10 Å². The van der Waals surface area contributed by atoms with Crippen molar-refractivity contribution in [2.24, 2.45) is 0 Å². The maximum atomic E-state index is 12.1. The first-order chi connectivity index (χ1) is 12.1. The quantitative estimate of drug-likeness (QED) is 0.755. The maximum Gasteiger partial charge on any atom is 0.408 e. The zero-order chi connectivity index (χ0) is 18.1. The molecule has 0 aliphatic heterocycles. The predicted molar refractivity (Wildman–Crippen MR) is 91.6 cm³/mol. The number of aliphatic hydroxyl groups is 1. The van der Waals surface area contributed by atoms with Crippen LogP contribution in [0.2, 0.25) is 0 Å². The SMILES string of the molecule is CCOC(=O)[C@@H](O)[C@H](NC(=O)OCc1ccccc1)c1ccccc1. The van der Waals surface area contributed by atoms with Crippen LogP contribution >= 0.6 is 0 Å². The summed E-state index contributed by atoms with van der Waals surface area (Å²) in [5.74, 6) is -0.806. The number of alkyl carbamates (subject to hydrolysis) is 1. The van der Waals surface area contributed by atoms with Gasteiger partial charge < -0.3 is 19.9 Å². The second-order valence-corrected chi connectivity index (χ2v) is 5.29. The van der Waals surface area contributed by atoms with Gasteiger partial charge in [0.05, 0.1) is 12.6 Å². The van der Waals surface area contributed by atoms with Gasteiger partial charge in [-0.25, -0.2) is 9.59 Å². The Kier molecular flexibility index (Phi) is 6.98. The van der Waals surface area contributed by atoms with Crippen molar-refractivity contribution in [3.8, 4) is 0 Å². The van der Waals surface area contributed by atoms with E-state index in [0.717, 1.165) is 5.56 Å². The van der Waals surface area contributed by atoms with E-state index in [2.05, 4.69) is 5.32 Å². The molecule has 0 saturated carbocycles. The third-order valence-electron chi connectivity index (χ3n) is 3.49. The summed E-state index contributed by atoms with van der Waals surface area (Å²) in [6, 6.07) is 16.9. The van der Waals surface area contributed by atoms with Gasteiger partial charge in [0.2, 0.25) is 0 Å². The third kappa shape index (κ3) is 5.61. The van der Waals surface area contributed by atoms with Crippen LogP contribution in [0.15, 0.2) is 60.7 Å². The molecule has 2 rings (SSSR count). The molecule has 0 aliphatic carbocycles. The minimum atomic E-state index is -1.54. The Morgan fingerprint density at radius 2 is 1.60 bits per heavy atom. The van der Waals surface area contributed by atoms with Crippen LogP contribution in [-0.4, -0.2) is 29.9 Å². The molecule has 1 amide bonds. The topological polar surface area (TPSA) is 84.9 Å². The van der Waals surface area contributed by atoms with Crippen LogP contribution in [0.3, 0.4) is 0 Å². The number of benzene rings is 2. The molecule has 0 saturated heterocycles. The lowest BCUT2D eigenvalue weighted by atomic mass is 10.0. The number of hydrogen-bond acceptors (Lipinski definition) is 5. The van der Waals surface area contributed by atoms with Crippen LogP contribution in [-0.2, 0) is 20.9 Å². The lowest BCUT2D eigenvalue weighted by Crippen LogP contribution is -2.41. The van der Waals surface area contributed by atoms with E-state index in [4.69, 9.17) is 9.47 Å². The average Bonchev–Trinajstić information content (AvgIpc) is 2.65. The average molecular weight is 343 g/mol. The molecule has 6 nitrogen and oxygen atoms in total. The smallest absolute Gasteiger partial charge is 0.408 e. The fourth-order valence-electron chi connectivity index (χ4n) is 2.26. The van der Waals surface area contributed by atoms with E-state index in [1.165, 1.54) is 0 Å². The zero-order valence-corrected chi connectivity index (χ0v) is 13.9. The highest BCUT2D eigenvalue weighted by Gasteiger charge is 2.30. The van der Waals surface area contributed by atoms with E-state index >= 15 is 0 Å². The molecule has 2 aromatic carbocycles. The van der Waals surface area contributed by atoms with Gasteiger partial charge in [0, 0.05) is 0 Å². The molecular formula is C19H21NO5. The molecule has 2 atom stereocenters. The summed E-state index contributed by atoms with van der Waals surface area (Å²) in [6.45, 7) is 1.86. The minimum absolute atomic E-state index is 0.0870. The molecule has 0 radical (unpaired) electrons. The van der Waals surface area contributed by atoms with Crippen LogP contribution < -0.4 is 5.32 Å². The Morgan fingerprint density at radius 1 is 1.00 bits per heavy atom. The van der Waals surface area contributed by atoms with Gasteiger partial charge in [0.25, 0.3) is 0 Å². The summed E-state index contributed by atoms with van der Waals surface area (Å²) in [4.78, 5) is 23.9. The first-order valence-electron chi connectivity index (χ1n) is 7.98. The highest BCUT2D eigenvalue weighted by atomic mass is 16.6. The zero-order valence-electron chi connectivity index (χ0n) is 13.9. The van der Waals surface area contributed by atoms with Gasteiger partial charge in [-0.1, -0.05) is 60.7 Å². The van der Waals surface area contributed by atoms with Crippen LogP contribution in [0.5, 0.6) is 0 Å². The summed E-state index contributed by atoms with van der Waals surface area (Å²) >= 11 is 0. The highest BCUT2D eigenvalue weighted by molar-refractivity contribution is 5.77. The molecule has 2 aromatic rings. The van der Waals surface area contributed by atoms with E-state index in [9.17, 15) is 14.7 Å². The molecule has 0 aromatic heterocycles. The first kappa shape index (κ1) is 18.5. The van der Waals surface area contributed by atoms with E-state index in [-0.39, 0.29) is 13.2 Å². The fraction of sp³-hybridized carbons (Fsp3) is 0.263. The predicted octanol–water partition coefficient (Wildman–Crippen LogP) is 2.58. The van der Waals surface area contributed by atoms with Gasteiger partial charge in [-0.15, -0.1) is 0 Å². The molecule has 0 fully saturated rings. The van der Waals surface area contributed by atoms with Crippen molar-refractivity contribution in [3.05, 3.63) is 71.8 Å². The Hall–Kier alpha value is -2.86. The van der Waals surface area contributed by atoms with Gasteiger partial charge in [-0.05, 0) is 18.1 Å². The molecular weight excluding hydrogens is 322 g/mol. The molecule has 25 heavy (non-hydrogen) atoms. The summed E-state index contributed by atoms with van der Waals surface area (Å²) in [7, 11) is 0. The summed E-state index contributed by atoms with van der Waals surface area (Å²) in [6.07, 6.45) is -2.27. The number of nitrogens with one attached hydrogen (secondary N) is 1. The van der Waals surface area contributed by atoms with Crippen LogP contribution in [0.25, 0.3) is 0 Å². The second kappa shape index (κ2) is 9.44. The largest absolute Gasteiger partial charge is 0.464 e. The van der Waals surface area contributed by atoms with Crippen molar-refractivity contribution >= 4 is 12.1 Å². The third-order valence-corrected chi connectivity index (χ3v) is 3.49. The van der Waals surface area contributed by atoms with E-state index in [0.29, 0.717) is 5.56 Å². The maximum absolute atomic E-state index is 12.1. The highest BCUT2D eigenvalue weighted by Crippen LogP contribution is 2.18. The van der Waals surface area contributed by atoms with Crippen molar-refractivity contribution < 1.29 is 24.2 Å². The van der Waals surface area contributed by atoms with Crippen molar-refractivity contribution in [3.63, 3.8) is 0 Å². The summed E-state index contributed by atoms with van der Waals surface area (Å²) in [5, 5.41) is 12.8. The van der Waals surface area contributed by atoms with Crippen LogP contribution in [0, 0.1) is 0 Å². The molecule has 0 bridgehead atoms. The number of hydrogen-bond donors (Lipinski definition) is 2. The molecule has 2 N–H and O–H groups in total. The number of amides is 1. The van der Waals surface area contributed by atoms with Gasteiger partial charge >= 0.3 is 12.1 Å². The Balaban J connectivity index is 2.05. The number of aliphatic hydroxyl groups excluding tert-OH is 1. The molecule has 0 unspecified atom stereocenters. The van der Waals surface area contributed by atoms with E-state index in [1.54, 1.807) is 37.3 Å². The Labute approximate surface area is 146 Å². The summed E-state index contributed by atoms with van der Waals surface area (Å²) in [5.41, 5.74) is 1.40. The molecule has 132 valence electrons. The van der Waals surface area contributed by atoms with E-state index < -0.39 is 24.2 Å². The van der Waals surface area contributed by atoms with Crippen molar-refractivity contribution in [2.75, 3.05) is 6.61 Å². The standard InChI is InChI=1S/C19H21NO5/c1-2-24-18(22)17(21)16(15-11-7-4-8-12-15)20-19(23)25-13-14-9-5-3-6-10-14/h3-12,16-17,21H,2,13H2,1H3,(H,20,23)/t16-,17+/m1/s1. The Morgan fingerprint density at radius 3 is 2.20 bits per heavy atom. The number of esters is 1. The first-order valence-corrected chi connectivity index (χ1v) is 7.98. The normalized spacial score (nSPS) is 12.7. The number of carbonyl (C=O) groups is 2. The molecule has 0 aliphatic rings. The fourth-order valence-corrected chi connectivity index (χ4v) is 2.26. The van der Waals surface area contributed by atoms with Crippen LogP contribution in [0.4, 0.5) is 4.79 Å². The number of rotatable bonds is 7. The minimum Gasteiger partial charge on any atom is -0.464 e. The van der Waals surface area contributed by atoms with Crippen molar-refractivity contribution in [2.45, 2.75) is 25.7 Å². The monoisotopic (exact) mass is 343 g/mol. The molecule has 0 heterocycles. The van der Waals surface area contributed by atoms with Crippen LogP contribution in [0.1, 0.15) is 24.1 Å². The van der Waals surface area contributed by atoms with Crippen molar-refractivity contribution in [1.29, 1.82) is 0 Å². The second-order valence-electron chi connectivity index (χ2n) is 5.29. The lowest BCUT2D eigenvalue weighted by Gasteiger charge is -2.23. The lowest BCUT2D eigenvalue weighted by molar-refractivity contribution is -0.154. The number of carbonyl (C=O) groups excluding carboxylic acids is 2. The van der Waals surface area contributed by atoms with Gasteiger partial charge in [0.1, 0.15) is 6.61 Å². The number of ether oxygens (including phenoxy) is 2. The van der Waals surface area contributed by atoms with Crippen molar-refractivity contribution in [1.82, 2.24) is 5.32 Å². The summed E-state index contributed by atoms with van der Waals surface area (Å²) < 4.78 is 9.99. The molecule has 6 heteroatoms. The Bertz CT molecular complexity index is 675. The molecule has 0 spiro atoms. The van der Waals surface area contributed by atoms with Gasteiger partial charge in [-0.3, -0.25) is 0 Å².